The Kier molecular flexibility index (Phi) is 9.06. The molecule has 2 aromatic rings. The molecule has 0 bridgehead atoms. The topological polar surface area (TPSA) is 101 Å². The molecule has 0 saturated heterocycles. The van der Waals surface area contributed by atoms with Crippen LogP contribution >= 0.6 is 0 Å². The molecule has 0 saturated carbocycles. The second-order valence-corrected chi connectivity index (χ2v) is 5.74. The molecule has 0 aliphatic rings. The zero-order valence-corrected chi connectivity index (χ0v) is 16.6. The van der Waals surface area contributed by atoms with E-state index in [-0.39, 0.29) is 0 Å². The third kappa shape index (κ3) is 8.22. The first-order valence-corrected chi connectivity index (χ1v) is 8.89. The van der Waals surface area contributed by atoms with Gasteiger partial charge in [0.25, 0.3) is 11.8 Å². The summed E-state index contributed by atoms with van der Waals surface area (Å²) in [7, 11) is 3.15. The van der Waals surface area contributed by atoms with Gasteiger partial charge in [-0.3, -0.25) is 9.59 Å². The lowest BCUT2D eigenvalue weighted by atomic mass is 10.2. The van der Waals surface area contributed by atoms with E-state index in [0.29, 0.717) is 11.5 Å². The van der Waals surface area contributed by atoms with E-state index in [1.807, 2.05) is 36.4 Å². The van der Waals surface area contributed by atoms with Crippen molar-refractivity contribution >= 4 is 24.2 Å². The number of hydrogen-bond acceptors (Lipinski definition) is 6. The first kappa shape index (κ1) is 22.1. The van der Waals surface area contributed by atoms with Crippen molar-refractivity contribution in [2.24, 2.45) is 10.2 Å². The second kappa shape index (κ2) is 12.3. The van der Waals surface area contributed by atoms with Gasteiger partial charge in [-0.05, 0) is 35.4 Å². The lowest BCUT2D eigenvalue weighted by molar-refractivity contribution is -0.117. The molecule has 0 heterocycles. The molecule has 0 aliphatic heterocycles. The molecule has 0 radical (unpaired) electrons. The van der Waals surface area contributed by atoms with Crippen LogP contribution < -0.4 is 20.3 Å². The highest BCUT2D eigenvalue weighted by atomic mass is 16.5. The van der Waals surface area contributed by atoms with Crippen molar-refractivity contribution in [3.63, 3.8) is 0 Å². The smallest absolute Gasteiger partial charge is 0.264 e. The van der Waals surface area contributed by atoms with Crippen LogP contribution in [-0.2, 0) is 9.59 Å². The molecule has 2 N–H and O–H groups in total. The van der Waals surface area contributed by atoms with E-state index in [1.165, 1.54) is 36.7 Å². The number of rotatable bonds is 9. The monoisotopic (exact) mass is 406 g/mol. The molecule has 30 heavy (non-hydrogen) atoms. The molecule has 0 aromatic heterocycles. The number of nitrogens with one attached hydrogen (secondary N) is 2. The zero-order valence-electron chi connectivity index (χ0n) is 16.6. The van der Waals surface area contributed by atoms with E-state index in [9.17, 15) is 9.59 Å². The maximum Gasteiger partial charge on any atom is 0.264 e. The van der Waals surface area contributed by atoms with E-state index in [0.717, 1.165) is 11.1 Å². The van der Waals surface area contributed by atoms with Gasteiger partial charge in [0.05, 0.1) is 26.6 Å². The van der Waals surface area contributed by atoms with E-state index in [4.69, 9.17) is 9.47 Å². The van der Waals surface area contributed by atoms with Crippen LogP contribution in [0.3, 0.4) is 0 Å². The summed E-state index contributed by atoms with van der Waals surface area (Å²) in [6.07, 6.45) is 8.32. The largest absolute Gasteiger partial charge is 0.497 e. The van der Waals surface area contributed by atoms with Crippen molar-refractivity contribution in [1.82, 2.24) is 10.9 Å². The summed E-state index contributed by atoms with van der Waals surface area (Å²) in [6, 6.07) is 14.5. The van der Waals surface area contributed by atoms with Crippen LogP contribution in [0.4, 0.5) is 0 Å². The summed E-state index contributed by atoms with van der Waals surface area (Å²) in [4.78, 5) is 23.4. The summed E-state index contributed by atoms with van der Waals surface area (Å²) < 4.78 is 10.2. The fourth-order valence-electron chi connectivity index (χ4n) is 2.14. The number of ether oxygens (including phenoxy) is 2. The van der Waals surface area contributed by atoms with Crippen LogP contribution in [0.5, 0.6) is 11.5 Å². The Balaban J connectivity index is 1.73. The molecule has 154 valence electrons. The molecular weight excluding hydrogens is 384 g/mol. The molecule has 0 aliphatic carbocycles. The lowest BCUT2D eigenvalue weighted by Gasteiger charge is -1.99. The van der Waals surface area contributed by atoms with E-state index in [2.05, 4.69) is 21.1 Å². The summed E-state index contributed by atoms with van der Waals surface area (Å²) in [5.41, 5.74) is 6.27. The van der Waals surface area contributed by atoms with Gasteiger partial charge < -0.3 is 9.47 Å². The van der Waals surface area contributed by atoms with Gasteiger partial charge in [-0.15, -0.1) is 0 Å². The Morgan fingerprint density at radius 1 is 0.767 bits per heavy atom. The maximum atomic E-state index is 11.7. The third-order valence-electron chi connectivity index (χ3n) is 3.57. The van der Waals surface area contributed by atoms with Gasteiger partial charge in [0.2, 0.25) is 0 Å². The van der Waals surface area contributed by atoms with Crippen LogP contribution in [0.2, 0.25) is 0 Å². The lowest BCUT2D eigenvalue weighted by Crippen LogP contribution is -2.14. The first-order chi connectivity index (χ1) is 14.6. The number of hydrogen-bond donors (Lipinski definition) is 2. The summed E-state index contributed by atoms with van der Waals surface area (Å²) in [5, 5.41) is 7.70. The van der Waals surface area contributed by atoms with Crippen molar-refractivity contribution in [1.29, 1.82) is 0 Å². The van der Waals surface area contributed by atoms with Gasteiger partial charge in [0.1, 0.15) is 11.5 Å². The fourth-order valence-corrected chi connectivity index (χ4v) is 2.14. The van der Waals surface area contributed by atoms with Gasteiger partial charge in [-0.25, -0.2) is 10.9 Å². The maximum absolute atomic E-state index is 11.7. The number of carbonyl (C=O) groups is 2. The number of amides is 2. The average molecular weight is 406 g/mol. The summed E-state index contributed by atoms with van der Waals surface area (Å²) >= 11 is 0. The predicted molar refractivity (Wildman–Crippen MR) is 116 cm³/mol. The predicted octanol–water partition coefficient (Wildman–Crippen LogP) is 2.42. The number of methoxy groups -OCH3 is 2. The minimum absolute atomic E-state index is 0.435. The standard InChI is InChI=1S/C22H22N4O4/c1-29-19-9-5-7-17(13-19)15-23-25-21(27)11-3-4-12-22(28)26-24-16-18-8-6-10-20(14-18)30-2/h3-16H,1-2H3,(H,25,27)(H,26,28)/b11-3+,12-4+,23-15+,24-16+. The molecular formula is C22H22N4O4. The highest BCUT2D eigenvalue weighted by molar-refractivity contribution is 5.91. The minimum atomic E-state index is -0.435. The van der Waals surface area contributed by atoms with Crippen molar-refractivity contribution < 1.29 is 19.1 Å². The SMILES string of the molecule is COc1cccc(/C=N/NC(=O)/C=C/C=C/C(=O)N/N=C/c2cccc(OC)c2)c1. The van der Waals surface area contributed by atoms with Crippen LogP contribution in [0.15, 0.2) is 83.0 Å². The summed E-state index contributed by atoms with van der Waals surface area (Å²) in [6.45, 7) is 0. The fraction of sp³-hybridized carbons (Fsp3) is 0.0909. The van der Waals surface area contributed by atoms with Gasteiger partial charge in [-0.1, -0.05) is 36.4 Å². The molecule has 2 rings (SSSR count). The molecule has 0 atom stereocenters. The van der Waals surface area contributed by atoms with Gasteiger partial charge in [0.15, 0.2) is 0 Å². The molecule has 2 amide bonds. The molecule has 0 spiro atoms. The summed E-state index contributed by atoms with van der Waals surface area (Å²) in [5.74, 6) is 0.522. The molecule has 8 nitrogen and oxygen atoms in total. The second-order valence-electron chi connectivity index (χ2n) is 5.74. The quantitative estimate of drug-likeness (QED) is 0.289. The normalized spacial score (nSPS) is 11.4. The van der Waals surface area contributed by atoms with Crippen molar-refractivity contribution in [3.8, 4) is 11.5 Å². The molecule has 0 fully saturated rings. The van der Waals surface area contributed by atoms with E-state index >= 15 is 0 Å². The molecule has 8 heteroatoms. The molecule has 0 unspecified atom stereocenters. The average Bonchev–Trinajstić information content (AvgIpc) is 2.77. The van der Waals surface area contributed by atoms with E-state index in [1.54, 1.807) is 26.4 Å². The van der Waals surface area contributed by atoms with Crippen LogP contribution in [0, 0.1) is 0 Å². The van der Waals surface area contributed by atoms with Crippen LogP contribution in [-0.4, -0.2) is 38.5 Å². The van der Waals surface area contributed by atoms with E-state index < -0.39 is 11.8 Å². The third-order valence-corrected chi connectivity index (χ3v) is 3.57. The Morgan fingerprint density at radius 3 is 1.60 bits per heavy atom. The number of nitrogens with zero attached hydrogens (tertiary/aromatic N) is 2. The number of benzene rings is 2. The number of hydrazone groups is 2. The Hall–Kier alpha value is -4.20. The minimum Gasteiger partial charge on any atom is -0.497 e. The van der Waals surface area contributed by atoms with Crippen molar-refractivity contribution in [2.45, 2.75) is 0 Å². The van der Waals surface area contributed by atoms with Gasteiger partial charge in [0, 0.05) is 12.2 Å². The Bertz CT molecular complexity index is 901. The molecule has 2 aromatic carbocycles. The number of carbonyl (C=O) groups excluding carboxylic acids is 2. The highest BCUT2D eigenvalue weighted by Gasteiger charge is 1.95. The highest BCUT2D eigenvalue weighted by Crippen LogP contribution is 2.11. The Morgan fingerprint density at radius 2 is 1.20 bits per heavy atom. The van der Waals surface area contributed by atoms with Crippen LogP contribution in [0.1, 0.15) is 11.1 Å². The van der Waals surface area contributed by atoms with Crippen molar-refractivity contribution in [3.05, 3.63) is 84.0 Å². The van der Waals surface area contributed by atoms with Crippen LogP contribution in [0.25, 0.3) is 0 Å². The zero-order chi connectivity index (χ0) is 21.6. The number of allylic oxidation sites excluding steroid dienone is 2. The Labute approximate surface area is 174 Å². The van der Waals surface area contributed by atoms with Crippen molar-refractivity contribution in [2.75, 3.05) is 14.2 Å². The van der Waals surface area contributed by atoms with Gasteiger partial charge in [-0.2, -0.15) is 10.2 Å². The first-order valence-electron chi connectivity index (χ1n) is 8.89. The van der Waals surface area contributed by atoms with Gasteiger partial charge >= 0.3 is 0 Å².